The number of benzene rings is 9. The van der Waals surface area contributed by atoms with E-state index in [1.165, 1.54) is 21.8 Å². The Balaban J connectivity index is 0.974. The first-order valence-corrected chi connectivity index (χ1v) is 19.7. The van der Waals surface area contributed by atoms with Gasteiger partial charge in [0, 0.05) is 49.4 Å². The van der Waals surface area contributed by atoms with Crippen molar-refractivity contribution in [3.05, 3.63) is 206 Å². The number of furan rings is 2. The lowest BCUT2D eigenvalue weighted by Crippen LogP contribution is -2.10. The Labute approximate surface area is 334 Å². The molecule has 0 saturated carbocycles. The van der Waals surface area contributed by atoms with Gasteiger partial charge in [-0.3, -0.25) is 0 Å². The van der Waals surface area contributed by atoms with Gasteiger partial charge in [-0.15, -0.1) is 0 Å². The second kappa shape index (κ2) is 12.9. The fraction of sp³-hybridized carbons (Fsp3) is 0. The van der Waals surface area contributed by atoms with Gasteiger partial charge in [0.1, 0.15) is 16.7 Å². The van der Waals surface area contributed by atoms with Crippen LogP contribution in [-0.2, 0) is 0 Å². The van der Waals surface area contributed by atoms with Crippen molar-refractivity contribution in [1.82, 2.24) is 4.57 Å². The molecule has 0 amide bonds. The third-order valence-corrected chi connectivity index (χ3v) is 11.6. The molecule has 12 aromatic rings. The van der Waals surface area contributed by atoms with Crippen LogP contribution in [-0.4, -0.2) is 4.57 Å². The van der Waals surface area contributed by atoms with Gasteiger partial charge in [0.05, 0.1) is 16.7 Å². The number of para-hydroxylation sites is 5. The fourth-order valence-corrected chi connectivity index (χ4v) is 8.85. The maximum Gasteiger partial charge on any atom is 0.159 e. The molecule has 0 N–H and O–H groups in total. The van der Waals surface area contributed by atoms with Gasteiger partial charge in [-0.2, -0.15) is 0 Å². The number of nitrogens with zero attached hydrogens (tertiary/aromatic N) is 2. The van der Waals surface area contributed by atoms with Crippen LogP contribution in [0.3, 0.4) is 0 Å². The van der Waals surface area contributed by atoms with Crippen LogP contribution in [0.15, 0.2) is 215 Å². The van der Waals surface area contributed by atoms with Crippen molar-refractivity contribution < 1.29 is 8.83 Å². The molecule has 12 rings (SSSR count). The maximum absolute atomic E-state index is 6.62. The van der Waals surface area contributed by atoms with Gasteiger partial charge in [-0.1, -0.05) is 127 Å². The molecule has 0 aliphatic rings. The minimum Gasteiger partial charge on any atom is -0.456 e. The number of fused-ring (bicyclic) bond motifs is 9. The van der Waals surface area contributed by atoms with Crippen LogP contribution >= 0.6 is 0 Å². The Kier molecular flexibility index (Phi) is 7.20. The second-order valence-corrected chi connectivity index (χ2v) is 14.9. The minimum absolute atomic E-state index is 0.855. The molecule has 9 aromatic carbocycles. The van der Waals surface area contributed by atoms with Crippen LogP contribution < -0.4 is 4.90 Å². The van der Waals surface area contributed by atoms with E-state index in [-0.39, 0.29) is 0 Å². The van der Waals surface area contributed by atoms with Gasteiger partial charge in [0.25, 0.3) is 0 Å². The highest BCUT2D eigenvalue weighted by Gasteiger charge is 2.20. The summed E-state index contributed by atoms with van der Waals surface area (Å²) in [5, 5.41) is 6.94. The predicted molar refractivity (Wildman–Crippen MR) is 241 cm³/mol. The van der Waals surface area contributed by atoms with Crippen LogP contribution in [0.1, 0.15) is 0 Å². The molecule has 3 aromatic heterocycles. The SMILES string of the molecule is c1ccc(-n2c3ccccc3c3ccc(-c4ccc(N(c5ccc(-c6ccc7oc8ccccc8c7c6)cc5)c5cccc6c5oc5ccccc56)cc4)cc32)cc1. The van der Waals surface area contributed by atoms with Crippen molar-refractivity contribution in [2.75, 3.05) is 4.90 Å². The zero-order chi connectivity index (χ0) is 38.2. The summed E-state index contributed by atoms with van der Waals surface area (Å²) in [6.07, 6.45) is 0. The molecule has 0 spiro atoms. The Morgan fingerprint density at radius 3 is 1.60 bits per heavy atom. The molecule has 0 radical (unpaired) electrons. The van der Waals surface area contributed by atoms with E-state index >= 15 is 0 Å². The molecule has 0 aliphatic heterocycles. The summed E-state index contributed by atoms with van der Waals surface area (Å²) in [5.74, 6) is 0. The molecule has 0 atom stereocenters. The highest BCUT2D eigenvalue weighted by Crippen LogP contribution is 2.44. The number of rotatable bonds is 6. The van der Waals surface area contributed by atoms with E-state index in [9.17, 15) is 0 Å². The summed E-state index contributed by atoms with van der Waals surface area (Å²) in [6.45, 7) is 0. The van der Waals surface area contributed by atoms with Crippen LogP contribution in [0.2, 0.25) is 0 Å². The maximum atomic E-state index is 6.62. The number of aromatic nitrogens is 1. The first-order valence-electron chi connectivity index (χ1n) is 19.7. The molecule has 0 aliphatic carbocycles. The van der Waals surface area contributed by atoms with Crippen molar-refractivity contribution >= 4 is 82.7 Å². The Morgan fingerprint density at radius 1 is 0.328 bits per heavy atom. The smallest absolute Gasteiger partial charge is 0.159 e. The van der Waals surface area contributed by atoms with Crippen molar-refractivity contribution in [3.8, 4) is 27.9 Å². The van der Waals surface area contributed by atoms with Crippen LogP contribution in [0.25, 0.3) is 93.6 Å². The quantitative estimate of drug-likeness (QED) is 0.170. The average Bonchev–Trinajstić information content (AvgIpc) is 3.97. The summed E-state index contributed by atoms with van der Waals surface area (Å²) in [6, 6.07) is 73.3. The Morgan fingerprint density at radius 2 is 0.862 bits per heavy atom. The molecule has 0 bridgehead atoms. The summed E-state index contributed by atoms with van der Waals surface area (Å²) < 4.78 is 15.1. The molecule has 58 heavy (non-hydrogen) atoms. The molecule has 272 valence electrons. The monoisotopic (exact) mass is 742 g/mol. The minimum atomic E-state index is 0.855. The molecule has 0 saturated heterocycles. The number of anilines is 3. The summed E-state index contributed by atoms with van der Waals surface area (Å²) in [5.41, 5.74) is 14.7. The topological polar surface area (TPSA) is 34.5 Å². The average molecular weight is 743 g/mol. The summed E-state index contributed by atoms with van der Waals surface area (Å²) >= 11 is 0. The van der Waals surface area contributed by atoms with Crippen LogP contribution in [0.4, 0.5) is 17.1 Å². The van der Waals surface area contributed by atoms with Crippen LogP contribution in [0.5, 0.6) is 0 Å². The molecule has 0 fully saturated rings. The highest BCUT2D eigenvalue weighted by molar-refractivity contribution is 6.12. The van der Waals surface area contributed by atoms with Gasteiger partial charge in [-0.05, 0) is 101 Å². The summed E-state index contributed by atoms with van der Waals surface area (Å²) in [4.78, 5) is 2.31. The third kappa shape index (κ3) is 5.09. The molecule has 4 nitrogen and oxygen atoms in total. The van der Waals surface area contributed by atoms with Gasteiger partial charge in [-0.25, -0.2) is 0 Å². The number of hydrogen-bond acceptors (Lipinski definition) is 3. The van der Waals surface area contributed by atoms with Crippen molar-refractivity contribution in [3.63, 3.8) is 0 Å². The Hall–Kier alpha value is -7.82. The molecule has 4 heteroatoms. The van der Waals surface area contributed by atoms with Crippen molar-refractivity contribution in [2.24, 2.45) is 0 Å². The fourth-order valence-electron chi connectivity index (χ4n) is 8.85. The third-order valence-electron chi connectivity index (χ3n) is 11.6. The standard InChI is InChI=1S/C54H34N2O2/c1-2-11-39(12-3-1)56-48-17-7-4-13-42(48)43-31-25-38(34-50(43)56)36-23-29-41(30-24-36)55(49-18-10-16-46-44-14-5-9-20-52(44)58-54(46)49)40-27-21-35(22-28-40)37-26-32-53-47(33-37)45-15-6-8-19-51(45)57-53/h1-34H. The first-order chi connectivity index (χ1) is 28.7. The zero-order valence-electron chi connectivity index (χ0n) is 31.3. The van der Waals surface area contributed by atoms with E-state index in [1.807, 2.05) is 24.3 Å². The number of hydrogen-bond donors (Lipinski definition) is 0. The Bertz CT molecular complexity index is 3500. The van der Waals surface area contributed by atoms with E-state index < -0.39 is 0 Å². The summed E-state index contributed by atoms with van der Waals surface area (Å²) in [7, 11) is 0. The van der Waals surface area contributed by atoms with E-state index in [2.05, 4.69) is 191 Å². The van der Waals surface area contributed by atoms with E-state index in [0.717, 1.165) is 88.9 Å². The second-order valence-electron chi connectivity index (χ2n) is 14.9. The van der Waals surface area contributed by atoms with E-state index in [1.54, 1.807) is 0 Å². The van der Waals surface area contributed by atoms with Crippen molar-refractivity contribution in [1.29, 1.82) is 0 Å². The molecular formula is C54H34N2O2. The molecule has 0 unspecified atom stereocenters. The molecular weight excluding hydrogens is 709 g/mol. The van der Waals surface area contributed by atoms with Crippen LogP contribution in [0, 0.1) is 0 Å². The normalized spacial score (nSPS) is 11.8. The predicted octanol–water partition coefficient (Wildman–Crippen LogP) is 15.4. The van der Waals surface area contributed by atoms with Gasteiger partial charge in [0.15, 0.2) is 5.58 Å². The highest BCUT2D eigenvalue weighted by atomic mass is 16.3. The van der Waals surface area contributed by atoms with Gasteiger partial charge >= 0.3 is 0 Å². The van der Waals surface area contributed by atoms with E-state index in [4.69, 9.17) is 8.83 Å². The lowest BCUT2D eigenvalue weighted by atomic mass is 10.0. The lowest BCUT2D eigenvalue weighted by molar-refractivity contribution is 0.668. The van der Waals surface area contributed by atoms with Gasteiger partial charge < -0.3 is 18.3 Å². The molecule has 3 heterocycles. The van der Waals surface area contributed by atoms with Crippen molar-refractivity contribution in [2.45, 2.75) is 0 Å². The van der Waals surface area contributed by atoms with E-state index in [0.29, 0.717) is 0 Å². The zero-order valence-corrected chi connectivity index (χ0v) is 31.3. The largest absolute Gasteiger partial charge is 0.456 e. The first kappa shape index (κ1) is 32.4. The lowest BCUT2D eigenvalue weighted by Gasteiger charge is -2.26. The van der Waals surface area contributed by atoms with Gasteiger partial charge in [0.2, 0.25) is 0 Å².